The lowest BCUT2D eigenvalue weighted by atomic mass is 9.74. The number of ether oxygens (including phenoxy) is 1. The smallest absolute Gasteiger partial charge is 0.246 e. The van der Waals surface area contributed by atoms with Crippen LogP contribution in [-0.2, 0) is 14.3 Å². The Balaban J connectivity index is 1.51. The van der Waals surface area contributed by atoms with Crippen LogP contribution in [-0.4, -0.2) is 96.2 Å². The van der Waals surface area contributed by atoms with E-state index >= 15 is 0 Å². The van der Waals surface area contributed by atoms with E-state index in [0.717, 1.165) is 52.1 Å². The molecule has 0 bridgehead atoms. The van der Waals surface area contributed by atoms with E-state index in [-0.39, 0.29) is 23.8 Å². The van der Waals surface area contributed by atoms with E-state index in [4.69, 9.17) is 4.74 Å². The van der Waals surface area contributed by atoms with E-state index in [0.29, 0.717) is 19.6 Å². The lowest BCUT2D eigenvalue weighted by Gasteiger charge is -2.39. The van der Waals surface area contributed by atoms with Gasteiger partial charge in [-0.2, -0.15) is 0 Å². The fourth-order valence-electron chi connectivity index (χ4n) is 4.85. The second kappa shape index (κ2) is 8.29. The Bertz CT molecular complexity index is 580. The summed E-state index contributed by atoms with van der Waals surface area (Å²) in [4.78, 5) is 30.5. The van der Waals surface area contributed by atoms with Crippen molar-refractivity contribution in [1.29, 1.82) is 0 Å². The number of likely N-dealkylation sites (tertiary alicyclic amines) is 2. The van der Waals surface area contributed by atoms with Gasteiger partial charge in [-0.15, -0.1) is 0 Å². The zero-order chi connectivity index (χ0) is 19.5. The predicted molar refractivity (Wildman–Crippen MR) is 102 cm³/mol. The van der Waals surface area contributed by atoms with Gasteiger partial charge in [0.1, 0.15) is 0 Å². The summed E-state index contributed by atoms with van der Waals surface area (Å²) in [6.45, 7) is 9.80. The summed E-state index contributed by atoms with van der Waals surface area (Å²) in [7, 11) is 0. The van der Waals surface area contributed by atoms with Crippen LogP contribution in [0.1, 0.15) is 33.1 Å². The Morgan fingerprint density at radius 3 is 2.37 bits per heavy atom. The van der Waals surface area contributed by atoms with Gasteiger partial charge >= 0.3 is 0 Å². The fraction of sp³-hybridized carbons (Fsp3) is 0.800. The number of piperidine rings is 1. The minimum atomic E-state index is -0.476. The summed E-state index contributed by atoms with van der Waals surface area (Å²) in [5.74, 6) is 0.0948. The highest BCUT2D eigenvalue weighted by Gasteiger charge is 2.52. The number of aliphatic hydroxyl groups is 1. The minimum Gasteiger partial charge on any atom is -0.394 e. The first kappa shape index (κ1) is 20.3. The summed E-state index contributed by atoms with van der Waals surface area (Å²) in [5.41, 5.74) is -0.451. The Morgan fingerprint density at radius 1 is 1.15 bits per heavy atom. The molecule has 1 spiro atoms. The lowest BCUT2D eigenvalue weighted by Crippen LogP contribution is -2.46. The van der Waals surface area contributed by atoms with Crippen LogP contribution >= 0.6 is 0 Å². The zero-order valence-electron chi connectivity index (χ0n) is 16.7. The molecule has 3 heterocycles. The van der Waals surface area contributed by atoms with Gasteiger partial charge < -0.3 is 19.6 Å². The van der Waals surface area contributed by atoms with Crippen molar-refractivity contribution in [2.24, 2.45) is 5.41 Å². The number of rotatable bonds is 4. The van der Waals surface area contributed by atoms with E-state index in [9.17, 15) is 14.7 Å². The molecule has 1 atom stereocenters. The van der Waals surface area contributed by atoms with Crippen molar-refractivity contribution in [1.82, 2.24) is 14.7 Å². The highest BCUT2D eigenvalue weighted by atomic mass is 16.5. The van der Waals surface area contributed by atoms with Gasteiger partial charge in [0.15, 0.2) is 0 Å². The molecule has 0 saturated carbocycles. The molecule has 3 fully saturated rings. The van der Waals surface area contributed by atoms with Crippen LogP contribution in [0.5, 0.6) is 0 Å². The maximum Gasteiger partial charge on any atom is 0.246 e. The normalized spacial score (nSPS) is 29.0. The molecule has 0 radical (unpaired) electrons. The molecule has 0 aromatic rings. The largest absolute Gasteiger partial charge is 0.394 e. The number of nitrogens with zero attached hydrogens (tertiary/aromatic N) is 3. The molecule has 1 N–H and O–H groups in total. The zero-order valence-corrected chi connectivity index (χ0v) is 16.7. The topological polar surface area (TPSA) is 73.3 Å². The molecule has 3 aliphatic rings. The third kappa shape index (κ3) is 4.52. The van der Waals surface area contributed by atoms with Gasteiger partial charge in [0, 0.05) is 52.3 Å². The maximum absolute atomic E-state index is 12.5. The lowest BCUT2D eigenvalue weighted by molar-refractivity contribution is -0.134. The maximum atomic E-state index is 12.5. The molecule has 7 heteroatoms. The van der Waals surface area contributed by atoms with Gasteiger partial charge in [-0.3, -0.25) is 14.5 Å². The molecule has 3 saturated heterocycles. The molecular weight excluding hydrogens is 346 g/mol. The van der Waals surface area contributed by atoms with Gasteiger partial charge in [0.25, 0.3) is 0 Å². The van der Waals surface area contributed by atoms with Crippen LogP contribution in [0.3, 0.4) is 0 Å². The van der Waals surface area contributed by atoms with Crippen molar-refractivity contribution in [3.63, 3.8) is 0 Å². The summed E-state index contributed by atoms with van der Waals surface area (Å²) >= 11 is 0. The minimum absolute atomic E-state index is 0.0126. The molecule has 7 nitrogen and oxygen atoms in total. The molecule has 0 aromatic heterocycles. The number of hydrogen-bond donors (Lipinski definition) is 1. The number of amides is 2. The Hall–Kier alpha value is -1.44. The van der Waals surface area contributed by atoms with E-state index in [1.54, 1.807) is 13.0 Å². The summed E-state index contributed by atoms with van der Waals surface area (Å²) in [6, 6.07) is 0. The molecule has 0 aliphatic carbocycles. The van der Waals surface area contributed by atoms with Gasteiger partial charge in [-0.05, 0) is 31.6 Å². The molecule has 0 unspecified atom stereocenters. The molecule has 3 aliphatic heterocycles. The number of carbonyl (C=O) groups is 2. The highest BCUT2D eigenvalue weighted by Crippen LogP contribution is 2.47. The number of carbonyl (C=O) groups excluding carboxylic acids is 2. The van der Waals surface area contributed by atoms with Crippen LogP contribution in [0, 0.1) is 5.41 Å². The average Bonchev–Trinajstić information content (AvgIpc) is 2.96. The van der Waals surface area contributed by atoms with Gasteiger partial charge in [-0.25, -0.2) is 0 Å². The molecular formula is C20H33N3O4. The second-order valence-corrected chi connectivity index (χ2v) is 8.58. The summed E-state index contributed by atoms with van der Waals surface area (Å²) in [6.07, 6.45) is 6.23. The number of morpholine rings is 1. The Labute approximate surface area is 161 Å². The van der Waals surface area contributed by atoms with Crippen molar-refractivity contribution in [2.75, 3.05) is 59.1 Å². The fourth-order valence-corrected chi connectivity index (χ4v) is 4.85. The van der Waals surface area contributed by atoms with Crippen LogP contribution in [0.4, 0.5) is 0 Å². The third-order valence-electron chi connectivity index (χ3n) is 6.49. The molecule has 0 aromatic carbocycles. The van der Waals surface area contributed by atoms with Crippen molar-refractivity contribution in [2.45, 2.75) is 38.6 Å². The monoisotopic (exact) mass is 379 g/mol. The molecule has 2 amide bonds. The van der Waals surface area contributed by atoms with E-state index < -0.39 is 5.54 Å². The van der Waals surface area contributed by atoms with Crippen LogP contribution in [0.15, 0.2) is 12.2 Å². The van der Waals surface area contributed by atoms with Gasteiger partial charge in [0.05, 0.1) is 25.4 Å². The van der Waals surface area contributed by atoms with Crippen molar-refractivity contribution in [3.8, 4) is 0 Å². The first-order valence-corrected chi connectivity index (χ1v) is 10.0. The van der Waals surface area contributed by atoms with Crippen molar-refractivity contribution in [3.05, 3.63) is 12.2 Å². The highest BCUT2D eigenvalue weighted by molar-refractivity contribution is 5.87. The van der Waals surface area contributed by atoms with Crippen molar-refractivity contribution >= 4 is 11.8 Å². The van der Waals surface area contributed by atoms with Crippen LogP contribution in [0.2, 0.25) is 0 Å². The van der Waals surface area contributed by atoms with E-state index in [2.05, 4.69) is 4.90 Å². The van der Waals surface area contributed by atoms with Gasteiger partial charge in [0.2, 0.25) is 11.8 Å². The Kier molecular flexibility index (Phi) is 6.23. The molecule has 152 valence electrons. The second-order valence-electron chi connectivity index (χ2n) is 8.58. The Morgan fingerprint density at radius 2 is 1.81 bits per heavy atom. The van der Waals surface area contributed by atoms with Crippen molar-refractivity contribution < 1.29 is 19.4 Å². The first-order valence-electron chi connectivity index (χ1n) is 10.0. The first-order chi connectivity index (χ1) is 12.9. The quantitative estimate of drug-likeness (QED) is 0.720. The number of aliphatic hydroxyl groups excluding tert-OH is 1. The standard InChI is InChI=1S/C20H33N3O4/c1-17(25)23-15-20(14-19(23,2)16-24)5-8-22(9-6-20)18(26)4-3-7-21-10-12-27-13-11-21/h3-4,24H,5-16H2,1-2H3/b4-3+/t19-/m1/s1. The average molecular weight is 380 g/mol. The third-order valence-corrected chi connectivity index (χ3v) is 6.49. The predicted octanol–water partition coefficient (Wildman–Crippen LogP) is 0.487. The SMILES string of the molecule is CC(=O)N1CC2(CCN(C(=O)/C=C/CN3CCOCC3)CC2)C[C@]1(C)CO. The summed E-state index contributed by atoms with van der Waals surface area (Å²) < 4.78 is 5.33. The van der Waals surface area contributed by atoms with Crippen LogP contribution < -0.4 is 0 Å². The van der Waals surface area contributed by atoms with Crippen LogP contribution in [0.25, 0.3) is 0 Å². The van der Waals surface area contributed by atoms with E-state index in [1.165, 1.54) is 0 Å². The van der Waals surface area contributed by atoms with E-state index in [1.807, 2.05) is 22.8 Å². The molecule has 27 heavy (non-hydrogen) atoms. The summed E-state index contributed by atoms with van der Waals surface area (Å²) in [5, 5.41) is 9.82. The molecule has 3 rings (SSSR count). The number of hydrogen-bond acceptors (Lipinski definition) is 5. The van der Waals surface area contributed by atoms with Gasteiger partial charge in [-0.1, -0.05) is 6.08 Å².